The minimum absolute atomic E-state index is 0.117. The average Bonchev–Trinajstić information content (AvgIpc) is 3.18. The van der Waals surface area contributed by atoms with Crippen LogP contribution in [0.4, 0.5) is 0 Å². The Balaban J connectivity index is 1.78. The third kappa shape index (κ3) is 9.82. The van der Waals surface area contributed by atoms with Crippen molar-refractivity contribution in [1.82, 2.24) is 0 Å². The van der Waals surface area contributed by atoms with Gasteiger partial charge in [0.05, 0.1) is 13.0 Å². The van der Waals surface area contributed by atoms with E-state index in [1.807, 2.05) is 6.92 Å². The Labute approximate surface area is 215 Å². The van der Waals surface area contributed by atoms with E-state index in [0.29, 0.717) is 0 Å². The van der Waals surface area contributed by atoms with Crippen LogP contribution in [0, 0.1) is 6.92 Å². The third-order valence-electron chi connectivity index (χ3n) is 7.47. The van der Waals surface area contributed by atoms with Gasteiger partial charge in [-0.3, -0.25) is 4.79 Å². The van der Waals surface area contributed by atoms with Crippen molar-refractivity contribution in [3.05, 3.63) is 53.6 Å². The zero-order valence-corrected chi connectivity index (χ0v) is 23.1. The van der Waals surface area contributed by atoms with Gasteiger partial charge in [0.15, 0.2) is 0 Å². The molecule has 0 aromatic rings. The van der Waals surface area contributed by atoms with Crippen molar-refractivity contribution >= 4 is 11.5 Å². The Morgan fingerprint density at radius 2 is 1.34 bits per heavy atom. The van der Waals surface area contributed by atoms with E-state index in [1.165, 1.54) is 102 Å². The van der Waals surface area contributed by atoms with E-state index in [4.69, 9.17) is 4.74 Å². The van der Waals surface area contributed by atoms with Crippen LogP contribution in [0.3, 0.4) is 0 Å². The lowest BCUT2D eigenvalue weighted by Crippen LogP contribution is -2.14. The van der Waals surface area contributed by atoms with Gasteiger partial charge in [0, 0.05) is 0 Å². The van der Waals surface area contributed by atoms with E-state index >= 15 is 0 Å². The van der Waals surface area contributed by atoms with Crippen molar-refractivity contribution in [1.29, 1.82) is 0 Å². The lowest BCUT2D eigenvalue weighted by Gasteiger charge is -2.16. The van der Waals surface area contributed by atoms with Crippen LogP contribution in [-0.4, -0.2) is 13.1 Å². The Kier molecular flexibility index (Phi) is 13.8. The summed E-state index contributed by atoms with van der Waals surface area (Å²) >= 11 is 0. The highest BCUT2D eigenvalue weighted by atomic mass is 16.5. The topological polar surface area (TPSA) is 26.3 Å². The Bertz CT molecular complexity index is 866. The van der Waals surface area contributed by atoms with Gasteiger partial charge in [-0.2, -0.15) is 0 Å². The van der Waals surface area contributed by atoms with Gasteiger partial charge in [-0.25, -0.2) is 0 Å². The van der Waals surface area contributed by atoms with Gasteiger partial charge in [-0.1, -0.05) is 133 Å². The lowest BCUT2D eigenvalue weighted by molar-refractivity contribution is -0.142. The molecule has 0 heterocycles. The summed E-state index contributed by atoms with van der Waals surface area (Å²) < 4.78 is 5.23. The number of aryl methyl sites for hydroxylation is 1. The molecule has 2 heteroatoms. The van der Waals surface area contributed by atoms with Gasteiger partial charge in [-0.05, 0) is 54.2 Å². The third-order valence-corrected chi connectivity index (χ3v) is 7.47. The molecule has 0 saturated carbocycles. The number of rotatable bonds is 18. The smallest absolute Gasteiger partial charge is 0.313 e. The lowest BCUT2D eigenvalue weighted by atomic mass is 9.90. The normalized spacial score (nSPS) is 12.1. The minimum Gasteiger partial charge on any atom is -0.469 e. The van der Waals surface area contributed by atoms with Crippen LogP contribution in [0.5, 0.6) is 0 Å². The zero-order valence-electron chi connectivity index (χ0n) is 23.1. The second-order valence-electron chi connectivity index (χ2n) is 10.5. The van der Waals surface area contributed by atoms with Crippen LogP contribution in [0.25, 0.3) is 16.7 Å². The highest BCUT2D eigenvalue weighted by Crippen LogP contribution is 2.38. The molecular formula is C33H50O2. The fourth-order valence-electron chi connectivity index (χ4n) is 5.18. The van der Waals surface area contributed by atoms with E-state index in [2.05, 4.69) is 50.8 Å². The number of hydrogen-bond acceptors (Lipinski definition) is 2. The van der Waals surface area contributed by atoms with Crippen LogP contribution < -0.4 is 0 Å². The van der Waals surface area contributed by atoms with E-state index in [9.17, 15) is 4.79 Å². The van der Waals surface area contributed by atoms with Crippen LogP contribution >= 0.6 is 0 Å². The largest absolute Gasteiger partial charge is 0.469 e. The molecule has 2 aliphatic carbocycles. The molecule has 2 aliphatic rings. The summed E-state index contributed by atoms with van der Waals surface area (Å²) in [6.07, 6.45) is 19.6. The molecule has 1 atom stereocenters. The average molecular weight is 479 g/mol. The predicted octanol–water partition coefficient (Wildman–Crippen LogP) is 10.3. The monoisotopic (exact) mass is 478 g/mol. The number of ether oxygens (including phenoxy) is 1. The van der Waals surface area contributed by atoms with Crippen LogP contribution in [0.2, 0.25) is 0 Å². The molecule has 0 amide bonds. The number of esters is 1. The summed E-state index contributed by atoms with van der Waals surface area (Å²) in [5.74, 6) is -0.317. The maximum atomic E-state index is 12.8. The molecule has 2 nitrogen and oxygen atoms in total. The number of unbranched alkanes of at least 4 members (excludes halogenated alkanes) is 13. The van der Waals surface area contributed by atoms with Gasteiger partial charge in [0.1, 0.15) is 0 Å². The van der Waals surface area contributed by atoms with Crippen molar-refractivity contribution < 1.29 is 9.53 Å². The molecule has 0 radical (unpaired) electrons. The van der Waals surface area contributed by atoms with Gasteiger partial charge >= 0.3 is 5.97 Å². The predicted molar refractivity (Wildman–Crippen MR) is 152 cm³/mol. The summed E-state index contributed by atoms with van der Waals surface area (Å²) in [6.45, 7) is 10.6. The number of allylic oxidation sites excluding steroid dienone is 1. The molecule has 0 aromatic carbocycles. The SMILES string of the molecule is C=C(C)c1ccc(C)c2ccc(C(CCCCCCCCCCCCCCCC)C(=O)OC)c-2c1. The first-order valence-electron chi connectivity index (χ1n) is 14.3. The second-order valence-corrected chi connectivity index (χ2v) is 10.5. The quantitative estimate of drug-likeness (QED) is 0.157. The fourth-order valence-corrected chi connectivity index (χ4v) is 5.18. The van der Waals surface area contributed by atoms with Gasteiger partial charge in [0.2, 0.25) is 0 Å². The molecule has 0 spiro atoms. The maximum Gasteiger partial charge on any atom is 0.313 e. The second kappa shape index (κ2) is 16.6. The summed E-state index contributed by atoms with van der Waals surface area (Å²) in [7, 11) is 1.51. The van der Waals surface area contributed by atoms with Crippen molar-refractivity contribution in [2.24, 2.45) is 0 Å². The zero-order chi connectivity index (χ0) is 25.5. The van der Waals surface area contributed by atoms with Crippen LogP contribution in [-0.2, 0) is 9.53 Å². The minimum atomic E-state index is -0.199. The van der Waals surface area contributed by atoms with Gasteiger partial charge in [-0.15, -0.1) is 0 Å². The number of carbonyl (C=O) groups excluding carboxylic acids is 1. The van der Waals surface area contributed by atoms with E-state index in [-0.39, 0.29) is 11.9 Å². The highest BCUT2D eigenvalue weighted by Gasteiger charge is 2.26. The molecule has 0 aliphatic heterocycles. The molecule has 1 unspecified atom stereocenters. The fraction of sp³-hybridized carbons (Fsp3) is 0.606. The van der Waals surface area contributed by atoms with E-state index < -0.39 is 0 Å². The number of hydrogen-bond donors (Lipinski definition) is 0. The summed E-state index contributed by atoms with van der Waals surface area (Å²) in [5.41, 5.74) is 6.85. The maximum absolute atomic E-state index is 12.8. The summed E-state index contributed by atoms with van der Waals surface area (Å²) in [6, 6.07) is 10.8. The van der Waals surface area contributed by atoms with Crippen LogP contribution in [0.15, 0.2) is 36.9 Å². The summed E-state index contributed by atoms with van der Waals surface area (Å²) in [5, 5.41) is 0. The standard InChI is InChI=1S/C33H50O2/c1-6-7-8-9-10-11-12-13-14-15-16-17-18-19-20-31(33(34)35-5)30-24-23-29-27(4)21-22-28(26(2)3)25-32(29)30/h21-25,31H,2,6-20H2,1,3-5H3. The van der Waals surface area contributed by atoms with Crippen molar-refractivity contribution in [3.63, 3.8) is 0 Å². The van der Waals surface area contributed by atoms with E-state index in [1.54, 1.807) is 0 Å². The first-order valence-corrected chi connectivity index (χ1v) is 14.3. The number of methoxy groups -OCH3 is 1. The molecular weight excluding hydrogens is 428 g/mol. The molecule has 0 N–H and O–H groups in total. The van der Waals surface area contributed by atoms with Crippen LogP contribution in [0.1, 0.15) is 133 Å². The van der Waals surface area contributed by atoms with E-state index in [0.717, 1.165) is 35.1 Å². The van der Waals surface area contributed by atoms with Crippen molar-refractivity contribution in [2.45, 2.75) is 123 Å². The molecule has 35 heavy (non-hydrogen) atoms. The van der Waals surface area contributed by atoms with Crippen molar-refractivity contribution in [3.8, 4) is 11.1 Å². The van der Waals surface area contributed by atoms with Crippen molar-refractivity contribution in [2.75, 3.05) is 7.11 Å². The summed E-state index contributed by atoms with van der Waals surface area (Å²) in [4.78, 5) is 12.8. The molecule has 194 valence electrons. The Hall–Kier alpha value is -2.09. The highest BCUT2D eigenvalue weighted by molar-refractivity contribution is 5.85. The van der Waals surface area contributed by atoms with Gasteiger partial charge < -0.3 is 4.74 Å². The molecule has 0 fully saturated rings. The van der Waals surface area contributed by atoms with Gasteiger partial charge in [0.25, 0.3) is 0 Å². The molecule has 2 rings (SSSR count). The molecule has 0 aromatic heterocycles. The first kappa shape index (κ1) is 29.1. The Morgan fingerprint density at radius 3 is 1.86 bits per heavy atom. The first-order chi connectivity index (χ1) is 17.0. The molecule has 0 bridgehead atoms. The number of fused-ring (bicyclic) bond motifs is 1. The Morgan fingerprint density at radius 1 is 0.800 bits per heavy atom. The molecule has 0 saturated heterocycles. The number of carbonyl (C=O) groups is 1.